The third-order valence-electron chi connectivity index (χ3n) is 6.96. The first-order chi connectivity index (χ1) is 20.6. The molecule has 1 amide bonds. The highest BCUT2D eigenvalue weighted by molar-refractivity contribution is 5.85. The molecule has 2 aromatic heterocycles. The second-order valence-electron chi connectivity index (χ2n) is 10.4. The number of benzene rings is 3. The van der Waals surface area contributed by atoms with E-state index in [1.165, 1.54) is 10.9 Å². The quantitative estimate of drug-likeness (QED) is 0.290. The van der Waals surface area contributed by atoms with E-state index < -0.39 is 11.4 Å². The number of nitrogens with one attached hydrogen (secondary N) is 1. The Kier molecular flexibility index (Phi) is 8.84. The molecule has 11 heteroatoms. The van der Waals surface area contributed by atoms with Crippen LogP contribution in [0.1, 0.15) is 41.7 Å². The van der Waals surface area contributed by atoms with Crippen LogP contribution >= 0.6 is 0 Å². The van der Waals surface area contributed by atoms with Gasteiger partial charge in [0.05, 0.1) is 57.3 Å². The Morgan fingerprint density at radius 2 is 1.44 bits per heavy atom. The molecule has 0 aliphatic rings. The number of aryl methyl sites for hydroxylation is 1. The minimum atomic E-state index is -0.956. The highest BCUT2D eigenvalue weighted by Crippen LogP contribution is 2.24. The maximum atomic E-state index is 12.4. The molecule has 11 nitrogen and oxygen atoms in total. The summed E-state index contributed by atoms with van der Waals surface area (Å²) in [4.78, 5) is 31.3. The molecule has 0 atom stereocenters. The van der Waals surface area contributed by atoms with Crippen molar-refractivity contribution in [2.24, 2.45) is 0 Å². The molecule has 0 saturated carbocycles. The van der Waals surface area contributed by atoms with Gasteiger partial charge in [-0.3, -0.25) is 9.59 Å². The number of aliphatic carboxylic acids is 1. The summed E-state index contributed by atoms with van der Waals surface area (Å²) >= 11 is 0. The fourth-order valence-corrected chi connectivity index (χ4v) is 4.57. The molecule has 0 radical (unpaired) electrons. The minimum Gasteiger partial charge on any atom is -0.480 e. The largest absolute Gasteiger partial charge is 0.480 e. The van der Waals surface area contributed by atoms with Crippen molar-refractivity contribution < 1.29 is 14.7 Å². The van der Waals surface area contributed by atoms with Crippen LogP contribution in [0.25, 0.3) is 22.1 Å². The summed E-state index contributed by atoms with van der Waals surface area (Å²) in [6.07, 6.45) is 3.01. The normalized spacial score (nSPS) is 10.7. The Hall–Kier alpha value is -5.99. The van der Waals surface area contributed by atoms with E-state index in [9.17, 15) is 20.1 Å². The molecule has 0 bridgehead atoms. The Morgan fingerprint density at radius 3 is 1.93 bits per heavy atom. The molecular weight excluding hydrogens is 544 g/mol. The van der Waals surface area contributed by atoms with E-state index >= 15 is 0 Å². The fourth-order valence-electron chi connectivity index (χ4n) is 4.57. The fraction of sp³-hybridized carbons (Fsp3) is 0.219. The number of nitrogens with zero attached hydrogens (tertiary/aromatic N) is 7. The molecule has 0 aliphatic heterocycles. The Morgan fingerprint density at radius 1 is 0.884 bits per heavy atom. The number of imidazole rings is 2. The summed E-state index contributed by atoms with van der Waals surface area (Å²) in [5, 5.41) is 39.0. The number of rotatable bonds is 7. The minimum absolute atomic E-state index is 0.0911. The molecule has 0 spiro atoms. The van der Waals surface area contributed by atoms with Crippen molar-refractivity contribution in [2.45, 2.75) is 45.8 Å². The van der Waals surface area contributed by atoms with Crippen molar-refractivity contribution in [3.8, 4) is 18.2 Å². The number of fused-ring (bicyclic) bond motifs is 2. The van der Waals surface area contributed by atoms with Gasteiger partial charge in [-0.2, -0.15) is 15.8 Å². The number of carboxylic acids is 1. The molecule has 5 rings (SSSR count). The zero-order chi connectivity index (χ0) is 31.1. The average Bonchev–Trinajstić information content (AvgIpc) is 3.60. The Bertz CT molecular complexity index is 1960. The van der Waals surface area contributed by atoms with Crippen LogP contribution in [0.4, 0.5) is 0 Å². The maximum absolute atomic E-state index is 12.4. The van der Waals surface area contributed by atoms with E-state index in [0.717, 1.165) is 16.7 Å². The molecule has 5 aromatic rings. The Labute approximate surface area is 247 Å². The molecular formula is C32H28N8O3. The third kappa shape index (κ3) is 6.67. The number of hydrogen-bond acceptors (Lipinski definition) is 7. The van der Waals surface area contributed by atoms with Gasteiger partial charge < -0.3 is 19.6 Å². The van der Waals surface area contributed by atoms with Crippen molar-refractivity contribution in [1.82, 2.24) is 24.4 Å². The van der Waals surface area contributed by atoms with E-state index in [-0.39, 0.29) is 19.0 Å². The zero-order valence-corrected chi connectivity index (χ0v) is 23.9. The number of carbonyl (C=O) groups excluding carboxylic acids is 1. The van der Waals surface area contributed by atoms with Crippen LogP contribution < -0.4 is 5.32 Å². The van der Waals surface area contributed by atoms with Gasteiger partial charge in [0.2, 0.25) is 5.91 Å². The van der Waals surface area contributed by atoms with Gasteiger partial charge in [0.15, 0.2) is 0 Å². The lowest BCUT2D eigenvalue weighted by Crippen LogP contribution is -2.27. The summed E-state index contributed by atoms with van der Waals surface area (Å²) < 4.78 is 3.14. The van der Waals surface area contributed by atoms with Crippen LogP contribution in [0.3, 0.4) is 0 Å². The highest BCUT2D eigenvalue weighted by Gasteiger charge is 2.20. The van der Waals surface area contributed by atoms with Gasteiger partial charge in [-0.25, -0.2) is 9.97 Å². The van der Waals surface area contributed by atoms with Crippen molar-refractivity contribution in [3.05, 3.63) is 95.1 Å². The monoisotopic (exact) mass is 572 g/mol. The molecule has 0 saturated heterocycles. The average molecular weight is 573 g/mol. The number of hydrogen-bond donors (Lipinski definition) is 2. The van der Waals surface area contributed by atoms with Crippen LogP contribution in [0.2, 0.25) is 0 Å². The zero-order valence-electron chi connectivity index (χ0n) is 23.9. The van der Waals surface area contributed by atoms with Crippen molar-refractivity contribution in [1.29, 1.82) is 15.8 Å². The van der Waals surface area contributed by atoms with Gasteiger partial charge in [0.25, 0.3) is 0 Å². The third-order valence-corrected chi connectivity index (χ3v) is 6.96. The number of carbonyl (C=O) groups is 2. The number of amides is 1. The lowest BCUT2D eigenvalue weighted by molar-refractivity contribution is -0.137. The van der Waals surface area contributed by atoms with Crippen LogP contribution in [0, 0.1) is 40.9 Å². The number of aromatic nitrogens is 4. The van der Waals surface area contributed by atoms with Crippen LogP contribution in [0.15, 0.2) is 67.3 Å². The first kappa shape index (κ1) is 30.0. The van der Waals surface area contributed by atoms with Crippen LogP contribution in [-0.2, 0) is 34.6 Å². The molecule has 0 aliphatic carbocycles. The molecule has 3 aromatic carbocycles. The number of nitriles is 3. The van der Waals surface area contributed by atoms with Crippen molar-refractivity contribution >= 4 is 33.9 Å². The summed E-state index contributed by atoms with van der Waals surface area (Å²) in [5.74, 6) is -1.12. The van der Waals surface area contributed by atoms with Gasteiger partial charge in [-0.1, -0.05) is 30.3 Å². The van der Waals surface area contributed by atoms with Crippen LogP contribution in [0.5, 0.6) is 0 Å². The van der Waals surface area contributed by atoms with Gasteiger partial charge in [-0.15, -0.1) is 0 Å². The van der Waals surface area contributed by atoms with E-state index in [1.807, 2.05) is 51.1 Å². The molecule has 2 heterocycles. The topological polar surface area (TPSA) is 173 Å². The predicted octanol–water partition coefficient (Wildman–Crippen LogP) is 4.33. The molecule has 0 fully saturated rings. The van der Waals surface area contributed by atoms with Crippen molar-refractivity contribution in [3.63, 3.8) is 0 Å². The SMILES string of the molecule is Cc1cc(C(C)(C)C#N)ccc1CNC(=O)Cn1cnc2cccc(C#N)c21.N#Cc1cccc2ncn(CC(=O)O)c12. The van der Waals surface area contributed by atoms with Gasteiger partial charge in [0.1, 0.15) is 25.2 Å². The highest BCUT2D eigenvalue weighted by atomic mass is 16.4. The van der Waals surface area contributed by atoms with Gasteiger partial charge >= 0.3 is 5.97 Å². The van der Waals surface area contributed by atoms with Gasteiger partial charge in [0, 0.05) is 6.54 Å². The Balaban J connectivity index is 0.000000237. The number of carboxylic acid groups (broad SMARTS) is 1. The first-order valence-electron chi connectivity index (χ1n) is 13.3. The van der Waals surface area contributed by atoms with Gasteiger partial charge in [-0.05, 0) is 61.7 Å². The summed E-state index contributed by atoms with van der Waals surface area (Å²) in [7, 11) is 0. The predicted molar refractivity (Wildman–Crippen MR) is 158 cm³/mol. The summed E-state index contributed by atoms with van der Waals surface area (Å²) in [6.45, 7) is 6.04. The first-order valence-corrected chi connectivity index (χ1v) is 13.3. The summed E-state index contributed by atoms with van der Waals surface area (Å²) in [5.41, 5.74) is 5.93. The second kappa shape index (κ2) is 12.7. The van der Waals surface area contributed by atoms with E-state index in [4.69, 9.17) is 10.4 Å². The summed E-state index contributed by atoms with van der Waals surface area (Å²) in [6, 6.07) is 22.7. The van der Waals surface area contributed by atoms with E-state index in [0.29, 0.717) is 39.7 Å². The van der Waals surface area contributed by atoms with Crippen LogP contribution in [-0.4, -0.2) is 36.1 Å². The second-order valence-corrected chi connectivity index (χ2v) is 10.4. The van der Waals surface area contributed by atoms with Crippen molar-refractivity contribution in [2.75, 3.05) is 0 Å². The maximum Gasteiger partial charge on any atom is 0.323 e. The molecule has 2 N–H and O–H groups in total. The van der Waals surface area contributed by atoms with E-state index in [1.54, 1.807) is 41.2 Å². The standard InChI is InChI=1S/C22H21N5O.C10H7N3O2/c1-15-9-18(22(2,3)13-24)8-7-17(15)11-25-20(28)12-27-14-26-19-6-4-5-16(10-23)21(19)27;11-4-7-2-1-3-8-10(7)13(6-12-8)5-9(14)15/h4-9,14H,11-12H2,1-3H3,(H,25,28);1-3,6H,5H2,(H,14,15). The lowest BCUT2D eigenvalue weighted by Gasteiger charge is -2.18. The lowest BCUT2D eigenvalue weighted by atomic mass is 9.85. The smallest absolute Gasteiger partial charge is 0.323 e. The number of para-hydroxylation sites is 2. The molecule has 0 unspecified atom stereocenters. The van der Waals surface area contributed by atoms with E-state index in [2.05, 4.69) is 27.4 Å². The molecule has 214 valence electrons. The molecule has 43 heavy (non-hydrogen) atoms.